The molecule has 2 rings (SSSR count). The Kier molecular flexibility index (Phi) is 10.7. The fraction of sp³-hybridized carbons (Fsp3) is 0.400. The van der Waals surface area contributed by atoms with Gasteiger partial charge in [-0.1, -0.05) is 24.3 Å². The Bertz CT molecular complexity index is 657. The van der Waals surface area contributed by atoms with E-state index in [0.29, 0.717) is 19.7 Å². The third kappa shape index (κ3) is 7.59. The van der Waals surface area contributed by atoms with Crippen LogP contribution in [0.25, 0.3) is 0 Å². The number of hydrogen-bond donors (Lipinski definition) is 2. The fourth-order valence-corrected chi connectivity index (χ4v) is 2.52. The molecule has 0 saturated heterocycles. The van der Waals surface area contributed by atoms with Crippen LogP contribution in [0.15, 0.2) is 47.6 Å². The van der Waals surface area contributed by atoms with Gasteiger partial charge in [0.25, 0.3) is 0 Å². The smallest absolute Gasteiger partial charge is 0.191 e. The highest BCUT2D eigenvalue weighted by molar-refractivity contribution is 14.0. The van der Waals surface area contributed by atoms with E-state index in [-0.39, 0.29) is 24.0 Å². The summed E-state index contributed by atoms with van der Waals surface area (Å²) in [6.45, 7) is 9.01. The van der Waals surface area contributed by atoms with Crippen LogP contribution in [0.1, 0.15) is 23.7 Å². The second-order valence-corrected chi connectivity index (χ2v) is 5.83. The number of nitrogens with one attached hydrogen (secondary N) is 2. The van der Waals surface area contributed by atoms with Gasteiger partial charge in [0.2, 0.25) is 0 Å². The van der Waals surface area contributed by atoms with Crippen molar-refractivity contribution < 1.29 is 4.74 Å². The van der Waals surface area contributed by atoms with Crippen molar-refractivity contribution in [1.29, 1.82) is 0 Å². The molecule has 5 nitrogen and oxygen atoms in total. The lowest BCUT2D eigenvalue weighted by atomic mass is 10.1. The Labute approximate surface area is 173 Å². The lowest BCUT2D eigenvalue weighted by Gasteiger charge is -2.14. The van der Waals surface area contributed by atoms with Gasteiger partial charge in [-0.15, -0.1) is 24.0 Å². The van der Waals surface area contributed by atoms with E-state index in [2.05, 4.69) is 53.5 Å². The van der Waals surface area contributed by atoms with Gasteiger partial charge in [0, 0.05) is 31.4 Å². The van der Waals surface area contributed by atoms with Crippen molar-refractivity contribution in [2.45, 2.75) is 27.2 Å². The number of nitrogens with zero attached hydrogens (tertiary/aromatic N) is 2. The number of para-hydroxylation sites is 1. The van der Waals surface area contributed by atoms with E-state index in [1.54, 1.807) is 0 Å². The van der Waals surface area contributed by atoms with Crippen LogP contribution in [-0.4, -0.2) is 37.2 Å². The molecule has 0 saturated carbocycles. The summed E-state index contributed by atoms with van der Waals surface area (Å²) in [5, 5.41) is 6.56. The van der Waals surface area contributed by atoms with Gasteiger partial charge in [0.15, 0.2) is 5.96 Å². The van der Waals surface area contributed by atoms with Crippen LogP contribution in [0, 0.1) is 13.8 Å². The second kappa shape index (κ2) is 12.5. The van der Waals surface area contributed by atoms with Crippen LogP contribution in [0.3, 0.4) is 0 Å². The molecular weight excluding hydrogens is 439 g/mol. The molecule has 0 aliphatic carbocycles. The Morgan fingerprint density at radius 3 is 2.50 bits per heavy atom. The average Bonchev–Trinajstić information content (AvgIpc) is 2.61. The summed E-state index contributed by atoms with van der Waals surface area (Å²) >= 11 is 0. The summed E-state index contributed by atoms with van der Waals surface area (Å²) in [7, 11) is 0. The second-order valence-electron chi connectivity index (χ2n) is 5.83. The number of rotatable bonds is 8. The lowest BCUT2D eigenvalue weighted by Crippen LogP contribution is -2.39. The van der Waals surface area contributed by atoms with Gasteiger partial charge in [-0.2, -0.15) is 0 Å². The number of aliphatic imine (C=N–C) groups is 1. The van der Waals surface area contributed by atoms with Crippen molar-refractivity contribution in [3.63, 3.8) is 0 Å². The van der Waals surface area contributed by atoms with Crippen molar-refractivity contribution >= 4 is 29.9 Å². The van der Waals surface area contributed by atoms with Crippen molar-refractivity contribution in [2.75, 3.05) is 26.2 Å². The molecule has 0 amide bonds. The number of aryl methyl sites for hydroxylation is 2. The molecule has 2 aromatic rings. The van der Waals surface area contributed by atoms with Crippen molar-refractivity contribution in [2.24, 2.45) is 4.99 Å². The van der Waals surface area contributed by atoms with Gasteiger partial charge in [-0.25, -0.2) is 0 Å². The highest BCUT2D eigenvalue weighted by Gasteiger charge is 2.03. The minimum absolute atomic E-state index is 0. The maximum absolute atomic E-state index is 5.91. The van der Waals surface area contributed by atoms with Crippen LogP contribution in [0.4, 0.5) is 0 Å². The van der Waals surface area contributed by atoms with Crippen LogP contribution < -0.4 is 15.4 Å². The first-order valence-electron chi connectivity index (χ1n) is 8.81. The minimum Gasteiger partial charge on any atom is -0.491 e. The first-order valence-corrected chi connectivity index (χ1v) is 8.81. The molecule has 0 aliphatic rings. The number of guanidine groups is 1. The quantitative estimate of drug-likeness (QED) is 0.270. The summed E-state index contributed by atoms with van der Waals surface area (Å²) in [5.41, 5.74) is 3.38. The van der Waals surface area contributed by atoms with Gasteiger partial charge in [0.05, 0.1) is 6.54 Å². The number of ether oxygens (including phenoxy) is 1. The Balaban J connectivity index is 0.00000338. The molecule has 1 heterocycles. The van der Waals surface area contributed by atoms with Gasteiger partial charge in [0.1, 0.15) is 12.4 Å². The molecule has 0 fully saturated rings. The Hall–Kier alpha value is -1.83. The molecule has 1 aromatic carbocycles. The molecule has 2 N–H and O–H groups in total. The van der Waals surface area contributed by atoms with Crippen LogP contribution in [0.5, 0.6) is 5.75 Å². The molecule has 6 heteroatoms. The van der Waals surface area contributed by atoms with Gasteiger partial charge < -0.3 is 15.4 Å². The topological polar surface area (TPSA) is 58.5 Å². The SMILES string of the molecule is CCNC(=NCCc1ccccn1)NCCOc1c(C)cccc1C.I. The molecular formula is C20H29IN4O. The van der Waals surface area contributed by atoms with E-state index in [1.165, 1.54) is 0 Å². The largest absolute Gasteiger partial charge is 0.491 e. The molecule has 1 aromatic heterocycles. The summed E-state index contributed by atoms with van der Waals surface area (Å²) < 4.78 is 5.91. The number of benzene rings is 1. The molecule has 0 spiro atoms. The average molecular weight is 468 g/mol. The van der Waals surface area contributed by atoms with Crippen molar-refractivity contribution in [3.05, 3.63) is 59.4 Å². The third-order valence-electron chi connectivity index (χ3n) is 3.76. The maximum Gasteiger partial charge on any atom is 0.191 e. The van der Waals surface area contributed by atoms with E-state index in [1.807, 2.05) is 30.5 Å². The number of pyridine rings is 1. The molecule has 0 aliphatic heterocycles. The normalized spacial score (nSPS) is 10.8. The highest BCUT2D eigenvalue weighted by Crippen LogP contribution is 2.21. The van der Waals surface area contributed by atoms with Crippen molar-refractivity contribution in [3.8, 4) is 5.75 Å². The predicted octanol–water partition coefficient (Wildman–Crippen LogP) is 3.49. The van der Waals surface area contributed by atoms with E-state index in [9.17, 15) is 0 Å². The molecule has 0 atom stereocenters. The summed E-state index contributed by atoms with van der Waals surface area (Å²) in [6, 6.07) is 12.1. The molecule has 0 radical (unpaired) electrons. The standard InChI is InChI=1S/C20H28N4O.HI/c1-4-21-20(23-13-11-18-10-5-6-12-22-18)24-14-15-25-19-16(2)8-7-9-17(19)3;/h5-10,12H,4,11,13-15H2,1-3H3,(H2,21,23,24);1H. The van der Waals surface area contributed by atoms with E-state index >= 15 is 0 Å². The number of hydrogen-bond acceptors (Lipinski definition) is 3. The molecule has 0 bridgehead atoms. The van der Waals surface area contributed by atoms with E-state index < -0.39 is 0 Å². The van der Waals surface area contributed by atoms with E-state index in [4.69, 9.17) is 4.74 Å². The summed E-state index contributed by atoms with van der Waals surface area (Å²) in [6.07, 6.45) is 2.64. The molecule has 0 unspecified atom stereocenters. The number of aromatic nitrogens is 1. The maximum atomic E-state index is 5.91. The number of halogens is 1. The minimum atomic E-state index is 0. The Morgan fingerprint density at radius 2 is 1.85 bits per heavy atom. The zero-order chi connectivity index (χ0) is 17.9. The zero-order valence-electron chi connectivity index (χ0n) is 15.8. The van der Waals surface area contributed by atoms with Gasteiger partial charge in [-0.05, 0) is 44.0 Å². The third-order valence-corrected chi connectivity index (χ3v) is 3.76. The zero-order valence-corrected chi connectivity index (χ0v) is 18.1. The predicted molar refractivity (Wildman–Crippen MR) is 119 cm³/mol. The van der Waals surface area contributed by atoms with Gasteiger partial charge >= 0.3 is 0 Å². The first-order chi connectivity index (χ1) is 12.2. The first kappa shape index (κ1) is 22.2. The fourth-order valence-electron chi connectivity index (χ4n) is 2.52. The summed E-state index contributed by atoms with van der Waals surface area (Å²) in [4.78, 5) is 8.90. The highest BCUT2D eigenvalue weighted by atomic mass is 127. The monoisotopic (exact) mass is 468 g/mol. The Morgan fingerprint density at radius 1 is 1.08 bits per heavy atom. The van der Waals surface area contributed by atoms with Gasteiger partial charge in [-0.3, -0.25) is 9.98 Å². The van der Waals surface area contributed by atoms with Crippen LogP contribution >= 0.6 is 24.0 Å². The van der Waals surface area contributed by atoms with Crippen LogP contribution in [0.2, 0.25) is 0 Å². The lowest BCUT2D eigenvalue weighted by molar-refractivity contribution is 0.317. The van der Waals surface area contributed by atoms with Crippen molar-refractivity contribution in [1.82, 2.24) is 15.6 Å². The molecule has 26 heavy (non-hydrogen) atoms. The van der Waals surface area contributed by atoms with Crippen LogP contribution in [-0.2, 0) is 6.42 Å². The van der Waals surface area contributed by atoms with E-state index in [0.717, 1.165) is 41.5 Å². The summed E-state index contributed by atoms with van der Waals surface area (Å²) in [5.74, 6) is 1.78. The molecule has 142 valence electrons.